The summed E-state index contributed by atoms with van der Waals surface area (Å²) in [6.07, 6.45) is 0.745. The molecule has 0 saturated carbocycles. The van der Waals surface area contributed by atoms with Crippen molar-refractivity contribution in [1.82, 2.24) is 5.32 Å². The van der Waals surface area contributed by atoms with Crippen LogP contribution in [0.1, 0.15) is 23.7 Å². The molecule has 3 atom stereocenters. The maximum absolute atomic E-state index is 12.1. The van der Waals surface area contributed by atoms with Gasteiger partial charge in [0.25, 0.3) is 0 Å². The first-order valence-electron chi connectivity index (χ1n) is 6.53. The van der Waals surface area contributed by atoms with Crippen molar-refractivity contribution in [2.75, 3.05) is 11.9 Å². The highest BCUT2D eigenvalue weighted by Gasteiger charge is 2.31. The normalized spacial score (nSPS) is 23.3. The smallest absolute Gasteiger partial charge is 0.335 e. The highest BCUT2D eigenvalue weighted by atomic mass is 32.1. The fourth-order valence-corrected chi connectivity index (χ4v) is 2.52. The Hall–Kier alpha value is -1.53. The Morgan fingerprint density at radius 1 is 1.50 bits per heavy atom. The van der Waals surface area contributed by atoms with Gasteiger partial charge in [-0.1, -0.05) is 13.0 Å². The number of aromatic carboxylic acids is 1. The zero-order valence-corrected chi connectivity index (χ0v) is 12.1. The highest BCUT2D eigenvalue weighted by Crippen LogP contribution is 2.22. The van der Waals surface area contributed by atoms with Gasteiger partial charge in [0.15, 0.2) is 0 Å². The number of hydrogen-bond acceptors (Lipinski definition) is 4. The van der Waals surface area contributed by atoms with Crippen LogP contribution in [0.25, 0.3) is 0 Å². The molecule has 1 saturated heterocycles. The molecule has 5 nitrogen and oxygen atoms in total. The van der Waals surface area contributed by atoms with Crippen molar-refractivity contribution in [3.05, 3.63) is 29.8 Å². The molecule has 6 heteroatoms. The standard InChI is InChI=1S/C14H18N2O3S/c1-8(20)10-6-12(15-7-10)13(17)16-11-4-2-3-9(5-11)14(18)19/h2-5,8,10,12,15,20H,6-7H2,1H3,(H,16,17)(H,18,19)/t8?,10-,12-/m0/s1. The third-order valence-corrected chi connectivity index (χ3v) is 3.96. The minimum Gasteiger partial charge on any atom is -0.478 e. The van der Waals surface area contributed by atoms with Crippen LogP contribution in [0.15, 0.2) is 24.3 Å². The van der Waals surface area contributed by atoms with Crippen LogP contribution in [-0.4, -0.2) is 34.8 Å². The van der Waals surface area contributed by atoms with E-state index < -0.39 is 5.97 Å². The molecule has 1 fully saturated rings. The summed E-state index contributed by atoms with van der Waals surface area (Å²) < 4.78 is 0. The van der Waals surface area contributed by atoms with E-state index in [0.29, 0.717) is 11.6 Å². The minimum atomic E-state index is -1.01. The summed E-state index contributed by atoms with van der Waals surface area (Å²) in [7, 11) is 0. The SMILES string of the molecule is CC(S)[C@@H]1CN[C@H](C(=O)Nc2cccc(C(=O)O)c2)C1. The molecule has 0 radical (unpaired) electrons. The van der Waals surface area contributed by atoms with Crippen LogP contribution in [0.3, 0.4) is 0 Å². The van der Waals surface area contributed by atoms with Crippen LogP contribution in [0.2, 0.25) is 0 Å². The average molecular weight is 294 g/mol. The lowest BCUT2D eigenvalue weighted by molar-refractivity contribution is -0.117. The molecule has 2 rings (SSSR count). The van der Waals surface area contributed by atoms with Crippen LogP contribution in [-0.2, 0) is 4.79 Å². The number of carboxylic acids is 1. The molecule has 0 spiro atoms. The lowest BCUT2D eigenvalue weighted by atomic mass is 10.0. The van der Waals surface area contributed by atoms with Crippen molar-refractivity contribution in [3.63, 3.8) is 0 Å². The summed E-state index contributed by atoms with van der Waals surface area (Å²) in [6.45, 7) is 2.80. The van der Waals surface area contributed by atoms with Gasteiger partial charge in [-0.05, 0) is 37.1 Å². The van der Waals surface area contributed by atoms with Gasteiger partial charge in [-0.2, -0.15) is 12.6 Å². The second kappa shape index (κ2) is 6.28. The Labute approximate surface area is 123 Å². The van der Waals surface area contributed by atoms with Gasteiger partial charge in [-0.15, -0.1) is 0 Å². The number of thiol groups is 1. The minimum absolute atomic E-state index is 0.135. The third-order valence-electron chi connectivity index (χ3n) is 3.54. The van der Waals surface area contributed by atoms with Crippen molar-refractivity contribution in [2.45, 2.75) is 24.6 Å². The largest absolute Gasteiger partial charge is 0.478 e. The van der Waals surface area contributed by atoms with E-state index in [2.05, 4.69) is 23.3 Å². The first-order valence-corrected chi connectivity index (χ1v) is 7.04. The number of benzene rings is 1. The number of carbonyl (C=O) groups excluding carboxylic acids is 1. The van der Waals surface area contributed by atoms with Crippen molar-refractivity contribution in [1.29, 1.82) is 0 Å². The van der Waals surface area contributed by atoms with Gasteiger partial charge in [0, 0.05) is 10.9 Å². The highest BCUT2D eigenvalue weighted by molar-refractivity contribution is 7.80. The van der Waals surface area contributed by atoms with E-state index in [1.807, 2.05) is 6.92 Å². The summed E-state index contributed by atoms with van der Waals surface area (Å²) in [4.78, 5) is 23.0. The molecule has 0 aliphatic carbocycles. The fourth-order valence-electron chi connectivity index (χ4n) is 2.29. The molecule has 0 aromatic heterocycles. The predicted molar refractivity (Wildman–Crippen MR) is 80.4 cm³/mol. The van der Waals surface area contributed by atoms with Gasteiger partial charge in [0.05, 0.1) is 11.6 Å². The fraction of sp³-hybridized carbons (Fsp3) is 0.429. The Morgan fingerprint density at radius 2 is 2.25 bits per heavy atom. The summed E-state index contributed by atoms with van der Waals surface area (Å²) >= 11 is 4.40. The summed E-state index contributed by atoms with van der Waals surface area (Å²) in [6, 6.07) is 5.99. The second-order valence-corrected chi connectivity index (χ2v) is 5.89. The lowest BCUT2D eigenvalue weighted by Crippen LogP contribution is -2.35. The quantitative estimate of drug-likeness (QED) is 0.636. The predicted octanol–water partition coefficient (Wildman–Crippen LogP) is 1.62. The van der Waals surface area contributed by atoms with Gasteiger partial charge in [-0.3, -0.25) is 4.79 Å². The Bertz CT molecular complexity index is 519. The van der Waals surface area contributed by atoms with Gasteiger partial charge >= 0.3 is 5.97 Å². The first kappa shape index (κ1) is 14.9. The first-order chi connectivity index (χ1) is 9.47. The molecule has 1 aromatic rings. The average Bonchev–Trinajstić information content (AvgIpc) is 2.88. The zero-order chi connectivity index (χ0) is 14.7. The molecule has 3 N–H and O–H groups in total. The second-order valence-electron chi connectivity index (χ2n) is 5.07. The van der Waals surface area contributed by atoms with E-state index in [-0.39, 0.29) is 22.8 Å². The van der Waals surface area contributed by atoms with E-state index >= 15 is 0 Å². The van der Waals surface area contributed by atoms with Gasteiger partial charge < -0.3 is 15.7 Å². The number of rotatable bonds is 4. The Balaban J connectivity index is 1.98. The number of amides is 1. The van der Waals surface area contributed by atoms with Crippen molar-refractivity contribution < 1.29 is 14.7 Å². The van der Waals surface area contributed by atoms with Crippen LogP contribution >= 0.6 is 12.6 Å². The molecule has 20 heavy (non-hydrogen) atoms. The molecular formula is C14H18N2O3S. The van der Waals surface area contributed by atoms with Gasteiger partial charge in [-0.25, -0.2) is 4.79 Å². The van der Waals surface area contributed by atoms with E-state index in [0.717, 1.165) is 13.0 Å². The molecular weight excluding hydrogens is 276 g/mol. The number of hydrogen-bond donors (Lipinski definition) is 4. The number of carboxylic acid groups (broad SMARTS) is 1. The van der Waals surface area contributed by atoms with E-state index in [9.17, 15) is 9.59 Å². The van der Waals surface area contributed by atoms with Gasteiger partial charge in [0.2, 0.25) is 5.91 Å². The van der Waals surface area contributed by atoms with E-state index in [1.165, 1.54) is 12.1 Å². The molecule has 1 aliphatic heterocycles. The van der Waals surface area contributed by atoms with Crippen LogP contribution in [0, 0.1) is 5.92 Å². The van der Waals surface area contributed by atoms with Gasteiger partial charge in [0.1, 0.15) is 0 Å². The monoisotopic (exact) mass is 294 g/mol. The number of nitrogens with one attached hydrogen (secondary N) is 2. The maximum atomic E-state index is 12.1. The topological polar surface area (TPSA) is 78.4 Å². The molecule has 1 heterocycles. The van der Waals surface area contributed by atoms with E-state index in [1.54, 1.807) is 12.1 Å². The Morgan fingerprint density at radius 3 is 2.85 bits per heavy atom. The van der Waals surface area contributed by atoms with Crippen molar-refractivity contribution in [3.8, 4) is 0 Å². The third kappa shape index (κ3) is 3.52. The molecule has 108 valence electrons. The van der Waals surface area contributed by atoms with Crippen LogP contribution < -0.4 is 10.6 Å². The number of carbonyl (C=O) groups is 2. The summed E-state index contributed by atoms with van der Waals surface area (Å²) in [5.74, 6) is -0.771. The van der Waals surface area contributed by atoms with Crippen molar-refractivity contribution >= 4 is 30.2 Å². The molecule has 1 unspecified atom stereocenters. The Kier molecular flexibility index (Phi) is 4.67. The molecule has 1 aromatic carbocycles. The molecule has 1 amide bonds. The zero-order valence-electron chi connectivity index (χ0n) is 11.2. The molecule has 1 aliphatic rings. The van der Waals surface area contributed by atoms with Crippen molar-refractivity contribution in [2.24, 2.45) is 5.92 Å². The van der Waals surface area contributed by atoms with Crippen LogP contribution in [0.4, 0.5) is 5.69 Å². The molecule has 0 bridgehead atoms. The summed E-state index contributed by atoms with van der Waals surface area (Å²) in [5, 5.41) is 15.1. The summed E-state index contributed by atoms with van der Waals surface area (Å²) in [5.41, 5.74) is 0.656. The lowest BCUT2D eigenvalue weighted by Gasteiger charge is -2.13. The maximum Gasteiger partial charge on any atom is 0.335 e. The number of anilines is 1. The van der Waals surface area contributed by atoms with Crippen LogP contribution in [0.5, 0.6) is 0 Å². The van der Waals surface area contributed by atoms with E-state index in [4.69, 9.17) is 5.11 Å².